The van der Waals surface area contributed by atoms with Crippen LogP contribution < -0.4 is 0 Å². The summed E-state index contributed by atoms with van der Waals surface area (Å²) >= 11 is 0. The van der Waals surface area contributed by atoms with E-state index in [-0.39, 0.29) is 6.10 Å². The number of rotatable bonds is 6. The second-order valence-corrected chi connectivity index (χ2v) is 4.22. The second kappa shape index (κ2) is 6.77. The lowest BCUT2D eigenvalue weighted by molar-refractivity contribution is 0.0417. The van der Waals surface area contributed by atoms with Gasteiger partial charge in [-0.15, -0.1) is 6.58 Å². The highest BCUT2D eigenvalue weighted by Crippen LogP contribution is 2.22. The Balaban J connectivity index is 2.01. The minimum Gasteiger partial charge on any atom is -0.369 e. The molecule has 0 saturated heterocycles. The molecule has 0 radical (unpaired) electrons. The molecule has 0 aromatic heterocycles. The van der Waals surface area contributed by atoms with Gasteiger partial charge in [-0.25, -0.2) is 0 Å². The molecular formula is C17H18O. The quantitative estimate of drug-likeness (QED) is 0.672. The molecule has 0 N–H and O–H groups in total. The number of ether oxygens (including phenoxy) is 1. The molecule has 1 atom stereocenters. The number of benzene rings is 2. The topological polar surface area (TPSA) is 9.23 Å². The smallest absolute Gasteiger partial charge is 0.0863 e. The molecule has 0 saturated carbocycles. The first kappa shape index (κ1) is 12.6. The molecule has 0 aliphatic carbocycles. The molecule has 92 valence electrons. The van der Waals surface area contributed by atoms with Crippen LogP contribution in [0.2, 0.25) is 0 Å². The van der Waals surface area contributed by atoms with Crippen molar-refractivity contribution < 1.29 is 4.74 Å². The van der Waals surface area contributed by atoms with Crippen LogP contribution in [0.4, 0.5) is 0 Å². The van der Waals surface area contributed by atoms with E-state index < -0.39 is 0 Å². The molecule has 1 heteroatoms. The van der Waals surface area contributed by atoms with Crippen molar-refractivity contribution in [2.24, 2.45) is 0 Å². The average Bonchev–Trinajstić information content (AvgIpc) is 2.45. The van der Waals surface area contributed by atoms with E-state index in [1.165, 1.54) is 11.1 Å². The van der Waals surface area contributed by atoms with Crippen LogP contribution in [0.15, 0.2) is 73.3 Å². The Morgan fingerprint density at radius 1 is 0.944 bits per heavy atom. The van der Waals surface area contributed by atoms with Gasteiger partial charge in [0.2, 0.25) is 0 Å². The Kier molecular flexibility index (Phi) is 4.74. The summed E-state index contributed by atoms with van der Waals surface area (Å²) < 4.78 is 5.98. The molecule has 1 nitrogen and oxygen atoms in total. The lowest BCUT2D eigenvalue weighted by Gasteiger charge is -2.16. The monoisotopic (exact) mass is 238 g/mol. The number of hydrogen-bond acceptors (Lipinski definition) is 1. The minimum absolute atomic E-state index is 0.0870. The molecule has 0 amide bonds. The maximum absolute atomic E-state index is 5.98. The van der Waals surface area contributed by atoms with E-state index in [1.54, 1.807) is 0 Å². The fourth-order valence-corrected chi connectivity index (χ4v) is 1.89. The lowest BCUT2D eigenvalue weighted by Crippen LogP contribution is -2.03. The summed E-state index contributed by atoms with van der Waals surface area (Å²) in [6.45, 7) is 4.43. The van der Waals surface area contributed by atoms with Crippen molar-refractivity contribution in [2.75, 3.05) is 0 Å². The minimum atomic E-state index is 0.0870. The highest BCUT2D eigenvalue weighted by Gasteiger charge is 2.09. The average molecular weight is 238 g/mol. The van der Waals surface area contributed by atoms with Crippen LogP contribution in [0, 0.1) is 0 Å². The maximum atomic E-state index is 5.98. The predicted molar refractivity (Wildman–Crippen MR) is 75.2 cm³/mol. The van der Waals surface area contributed by atoms with Crippen LogP contribution in [0.5, 0.6) is 0 Å². The van der Waals surface area contributed by atoms with Crippen molar-refractivity contribution in [3.05, 3.63) is 84.4 Å². The fourth-order valence-electron chi connectivity index (χ4n) is 1.89. The molecule has 2 aromatic rings. The van der Waals surface area contributed by atoms with Gasteiger partial charge in [0.05, 0.1) is 12.7 Å². The van der Waals surface area contributed by atoms with Crippen molar-refractivity contribution in [1.29, 1.82) is 0 Å². The van der Waals surface area contributed by atoms with Gasteiger partial charge in [0.1, 0.15) is 0 Å². The van der Waals surface area contributed by atoms with E-state index in [0.29, 0.717) is 6.61 Å². The summed E-state index contributed by atoms with van der Waals surface area (Å²) in [5.74, 6) is 0. The van der Waals surface area contributed by atoms with Crippen LogP contribution in [0.3, 0.4) is 0 Å². The molecule has 0 heterocycles. The first-order chi connectivity index (χ1) is 8.90. The van der Waals surface area contributed by atoms with E-state index in [9.17, 15) is 0 Å². The molecule has 0 aliphatic rings. The van der Waals surface area contributed by atoms with E-state index in [0.717, 1.165) is 6.42 Å². The van der Waals surface area contributed by atoms with Crippen molar-refractivity contribution in [3.63, 3.8) is 0 Å². The molecule has 18 heavy (non-hydrogen) atoms. The van der Waals surface area contributed by atoms with Crippen molar-refractivity contribution in [1.82, 2.24) is 0 Å². The highest BCUT2D eigenvalue weighted by molar-refractivity contribution is 5.19. The summed E-state index contributed by atoms with van der Waals surface area (Å²) in [5.41, 5.74) is 2.40. The normalized spacial score (nSPS) is 12.0. The SMILES string of the molecule is C=CC[C@H](OCc1ccccc1)c1ccccc1. The summed E-state index contributed by atoms with van der Waals surface area (Å²) in [6.07, 6.45) is 2.82. The molecule has 2 aromatic carbocycles. The van der Waals surface area contributed by atoms with E-state index >= 15 is 0 Å². The van der Waals surface area contributed by atoms with E-state index in [1.807, 2.05) is 42.5 Å². The summed E-state index contributed by atoms with van der Waals surface area (Å²) in [5, 5.41) is 0. The Bertz CT molecular complexity index is 461. The molecule has 0 spiro atoms. The third-order valence-corrected chi connectivity index (χ3v) is 2.85. The summed E-state index contributed by atoms with van der Waals surface area (Å²) in [6, 6.07) is 20.5. The molecule has 0 aliphatic heterocycles. The van der Waals surface area contributed by atoms with Gasteiger partial charge in [-0.05, 0) is 17.5 Å². The van der Waals surface area contributed by atoms with Crippen LogP contribution >= 0.6 is 0 Å². The van der Waals surface area contributed by atoms with Crippen molar-refractivity contribution >= 4 is 0 Å². The van der Waals surface area contributed by atoms with Gasteiger partial charge >= 0.3 is 0 Å². The Morgan fingerprint density at radius 3 is 2.17 bits per heavy atom. The van der Waals surface area contributed by atoms with E-state index in [2.05, 4.69) is 30.8 Å². The van der Waals surface area contributed by atoms with Gasteiger partial charge in [-0.3, -0.25) is 0 Å². The summed E-state index contributed by atoms with van der Waals surface area (Å²) in [7, 11) is 0. The Labute approximate surface area is 109 Å². The second-order valence-electron chi connectivity index (χ2n) is 4.22. The van der Waals surface area contributed by atoms with Crippen LogP contribution in [-0.4, -0.2) is 0 Å². The zero-order valence-corrected chi connectivity index (χ0v) is 10.5. The predicted octanol–water partition coefficient (Wildman–Crippen LogP) is 4.52. The van der Waals surface area contributed by atoms with Gasteiger partial charge in [-0.1, -0.05) is 66.7 Å². The van der Waals surface area contributed by atoms with Crippen LogP contribution in [-0.2, 0) is 11.3 Å². The number of hydrogen-bond donors (Lipinski definition) is 0. The standard InChI is InChI=1S/C17H18O/c1-2-9-17(16-12-7-4-8-13-16)18-14-15-10-5-3-6-11-15/h2-8,10-13,17H,1,9,14H2/t17-/m0/s1. The molecule has 0 bridgehead atoms. The maximum Gasteiger partial charge on any atom is 0.0863 e. The highest BCUT2D eigenvalue weighted by atomic mass is 16.5. The van der Waals surface area contributed by atoms with Crippen molar-refractivity contribution in [2.45, 2.75) is 19.1 Å². The lowest BCUT2D eigenvalue weighted by atomic mass is 10.1. The van der Waals surface area contributed by atoms with Crippen molar-refractivity contribution in [3.8, 4) is 0 Å². The first-order valence-electron chi connectivity index (χ1n) is 6.21. The summed E-state index contributed by atoms with van der Waals surface area (Å²) in [4.78, 5) is 0. The van der Waals surface area contributed by atoms with Gasteiger partial charge in [-0.2, -0.15) is 0 Å². The van der Waals surface area contributed by atoms with Crippen LogP contribution in [0.25, 0.3) is 0 Å². The molecule has 0 fully saturated rings. The third-order valence-electron chi connectivity index (χ3n) is 2.85. The Morgan fingerprint density at radius 2 is 1.56 bits per heavy atom. The Hall–Kier alpha value is -1.86. The van der Waals surface area contributed by atoms with Gasteiger partial charge in [0.25, 0.3) is 0 Å². The zero-order valence-electron chi connectivity index (χ0n) is 10.5. The molecule has 2 rings (SSSR count). The van der Waals surface area contributed by atoms with Crippen LogP contribution in [0.1, 0.15) is 23.7 Å². The van der Waals surface area contributed by atoms with Gasteiger partial charge < -0.3 is 4.74 Å². The third kappa shape index (κ3) is 3.57. The van der Waals surface area contributed by atoms with Gasteiger partial charge in [0.15, 0.2) is 0 Å². The van der Waals surface area contributed by atoms with E-state index in [4.69, 9.17) is 4.74 Å². The first-order valence-corrected chi connectivity index (χ1v) is 6.21. The zero-order chi connectivity index (χ0) is 12.6. The molecule has 0 unspecified atom stereocenters. The fraction of sp³-hybridized carbons (Fsp3) is 0.176. The van der Waals surface area contributed by atoms with Gasteiger partial charge in [0, 0.05) is 0 Å². The largest absolute Gasteiger partial charge is 0.369 e. The molecular weight excluding hydrogens is 220 g/mol.